The van der Waals surface area contributed by atoms with E-state index in [4.69, 9.17) is 0 Å². The van der Waals surface area contributed by atoms with Gasteiger partial charge in [-0.3, -0.25) is 9.48 Å². The second kappa shape index (κ2) is 4.04. The van der Waals surface area contributed by atoms with Crippen LogP contribution in [0.15, 0.2) is 18.5 Å². The molecule has 1 aliphatic heterocycles. The molecule has 1 aromatic rings. The van der Waals surface area contributed by atoms with Crippen LogP contribution in [0.2, 0.25) is 0 Å². The number of carbonyl (C=O) groups is 1. The van der Waals surface area contributed by atoms with Gasteiger partial charge in [0.05, 0.1) is 5.37 Å². The smallest absolute Gasteiger partial charge is 0.245 e. The Morgan fingerprint density at radius 3 is 3.14 bits per heavy atom. The van der Waals surface area contributed by atoms with E-state index in [-0.39, 0.29) is 5.91 Å². The molecule has 5 heteroatoms. The van der Waals surface area contributed by atoms with Gasteiger partial charge in [-0.1, -0.05) is 0 Å². The first-order chi connectivity index (χ1) is 6.77. The van der Waals surface area contributed by atoms with Crippen LogP contribution in [0.25, 0.3) is 0 Å². The molecule has 14 heavy (non-hydrogen) atoms. The zero-order chi connectivity index (χ0) is 9.97. The van der Waals surface area contributed by atoms with Crippen LogP contribution in [-0.2, 0) is 11.3 Å². The number of carbonyl (C=O) groups excluding carboxylic acids is 1. The SMILES string of the molecule is CC1SCCN1C(=O)Cn1cccn1. The Morgan fingerprint density at radius 1 is 1.71 bits per heavy atom. The molecular weight excluding hydrogens is 198 g/mol. The number of nitrogens with zero attached hydrogens (tertiary/aromatic N) is 3. The summed E-state index contributed by atoms with van der Waals surface area (Å²) in [6, 6.07) is 1.83. The summed E-state index contributed by atoms with van der Waals surface area (Å²) in [6.45, 7) is 3.29. The first-order valence-electron chi connectivity index (χ1n) is 4.66. The van der Waals surface area contributed by atoms with E-state index in [1.54, 1.807) is 10.9 Å². The average molecular weight is 211 g/mol. The normalized spacial score (nSPS) is 21.5. The van der Waals surface area contributed by atoms with Crippen molar-refractivity contribution in [1.29, 1.82) is 0 Å². The van der Waals surface area contributed by atoms with Gasteiger partial charge in [0.1, 0.15) is 6.54 Å². The Morgan fingerprint density at radius 2 is 2.57 bits per heavy atom. The van der Waals surface area contributed by atoms with Gasteiger partial charge in [0.2, 0.25) is 5.91 Å². The summed E-state index contributed by atoms with van der Waals surface area (Å²) >= 11 is 1.82. The first-order valence-corrected chi connectivity index (χ1v) is 5.71. The highest BCUT2D eigenvalue weighted by Gasteiger charge is 2.25. The van der Waals surface area contributed by atoms with E-state index in [9.17, 15) is 4.79 Å². The van der Waals surface area contributed by atoms with Crippen LogP contribution in [-0.4, -0.2) is 38.3 Å². The van der Waals surface area contributed by atoms with E-state index in [0.717, 1.165) is 12.3 Å². The maximum atomic E-state index is 11.8. The van der Waals surface area contributed by atoms with Crippen LogP contribution >= 0.6 is 11.8 Å². The third-order valence-electron chi connectivity index (χ3n) is 2.31. The molecule has 76 valence electrons. The van der Waals surface area contributed by atoms with Crippen molar-refractivity contribution in [2.24, 2.45) is 0 Å². The Kier molecular flexibility index (Phi) is 2.77. The van der Waals surface area contributed by atoms with E-state index in [1.165, 1.54) is 0 Å². The monoisotopic (exact) mass is 211 g/mol. The van der Waals surface area contributed by atoms with Gasteiger partial charge in [0, 0.05) is 24.7 Å². The molecule has 2 heterocycles. The fourth-order valence-electron chi connectivity index (χ4n) is 1.54. The van der Waals surface area contributed by atoms with Crippen LogP contribution in [0.3, 0.4) is 0 Å². The van der Waals surface area contributed by atoms with Gasteiger partial charge in [-0.05, 0) is 13.0 Å². The predicted octanol–water partition coefficient (Wildman–Crippen LogP) is 0.804. The number of rotatable bonds is 2. The molecule has 0 bridgehead atoms. The molecular formula is C9H13N3OS. The van der Waals surface area contributed by atoms with Gasteiger partial charge in [-0.25, -0.2) is 0 Å². The van der Waals surface area contributed by atoms with Crippen molar-refractivity contribution in [3.05, 3.63) is 18.5 Å². The highest BCUT2D eigenvalue weighted by atomic mass is 32.2. The first kappa shape index (κ1) is 9.58. The van der Waals surface area contributed by atoms with Gasteiger partial charge in [-0.15, -0.1) is 11.8 Å². The molecule has 0 radical (unpaired) electrons. The van der Waals surface area contributed by atoms with E-state index < -0.39 is 0 Å². The van der Waals surface area contributed by atoms with E-state index >= 15 is 0 Å². The number of hydrogen-bond donors (Lipinski definition) is 0. The summed E-state index contributed by atoms with van der Waals surface area (Å²) in [5, 5.41) is 4.33. The summed E-state index contributed by atoms with van der Waals surface area (Å²) in [4.78, 5) is 13.7. The highest BCUT2D eigenvalue weighted by Crippen LogP contribution is 2.22. The quantitative estimate of drug-likeness (QED) is 0.726. The summed E-state index contributed by atoms with van der Waals surface area (Å²) in [5.41, 5.74) is 0. The van der Waals surface area contributed by atoms with Gasteiger partial charge >= 0.3 is 0 Å². The third kappa shape index (κ3) is 1.92. The van der Waals surface area contributed by atoms with Crippen LogP contribution in [0, 0.1) is 0 Å². The molecule has 1 fully saturated rings. The Balaban J connectivity index is 1.95. The Bertz CT molecular complexity index is 312. The number of amides is 1. The van der Waals surface area contributed by atoms with Crippen LogP contribution in [0.1, 0.15) is 6.92 Å². The largest absolute Gasteiger partial charge is 0.329 e. The lowest BCUT2D eigenvalue weighted by Gasteiger charge is -2.20. The average Bonchev–Trinajstić information content (AvgIpc) is 2.75. The Labute approximate surface area is 87.3 Å². The summed E-state index contributed by atoms with van der Waals surface area (Å²) in [7, 11) is 0. The molecule has 0 aromatic carbocycles. The standard InChI is InChI=1S/C9H13N3OS/c1-8-12(5-6-14-8)9(13)7-11-4-2-3-10-11/h2-4,8H,5-7H2,1H3. The topological polar surface area (TPSA) is 38.1 Å². The van der Waals surface area contributed by atoms with Crippen molar-refractivity contribution in [3.63, 3.8) is 0 Å². The fraction of sp³-hybridized carbons (Fsp3) is 0.556. The van der Waals surface area contributed by atoms with Crippen molar-refractivity contribution in [3.8, 4) is 0 Å². The van der Waals surface area contributed by atoms with Crippen molar-refractivity contribution in [1.82, 2.24) is 14.7 Å². The molecule has 1 atom stereocenters. The number of aromatic nitrogens is 2. The summed E-state index contributed by atoms with van der Waals surface area (Å²) in [5.74, 6) is 1.21. The molecule has 1 aromatic heterocycles. The van der Waals surface area contributed by atoms with E-state index in [2.05, 4.69) is 12.0 Å². The van der Waals surface area contributed by atoms with Gasteiger partial charge in [-0.2, -0.15) is 5.10 Å². The van der Waals surface area contributed by atoms with Crippen molar-refractivity contribution in [2.45, 2.75) is 18.8 Å². The molecule has 0 spiro atoms. The third-order valence-corrected chi connectivity index (χ3v) is 3.46. The predicted molar refractivity (Wildman–Crippen MR) is 55.9 cm³/mol. The van der Waals surface area contributed by atoms with E-state index in [1.807, 2.05) is 28.9 Å². The summed E-state index contributed by atoms with van der Waals surface area (Å²) < 4.78 is 1.66. The molecule has 1 aliphatic rings. The minimum Gasteiger partial charge on any atom is -0.329 e. The molecule has 1 amide bonds. The van der Waals surface area contributed by atoms with Gasteiger partial charge in [0.15, 0.2) is 0 Å². The molecule has 0 saturated carbocycles. The lowest BCUT2D eigenvalue weighted by molar-refractivity contribution is -0.131. The number of thioether (sulfide) groups is 1. The van der Waals surface area contributed by atoms with Crippen molar-refractivity contribution >= 4 is 17.7 Å². The lowest BCUT2D eigenvalue weighted by atomic mass is 10.4. The fourth-order valence-corrected chi connectivity index (χ4v) is 2.59. The molecule has 0 N–H and O–H groups in total. The maximum Gasteiger partial charge on any atom is 0.245 e. The molecule has 0 aliphatic carbocycles. The molecule has 2 rings (SSSR count). The molecule has 4 nitrogen and oxygen atoms in total. The van der Waals surface area contributed by atoms with Crippen molar-refractivity contribution in [2.75, 3.05) is 12.3 Å². The van der Waals surface area contributed by atoms with Crippen LogP contribution in [0.4, 0.5) is 0 Å². The second-order valence-corrected chi connectivity index (χ2v) is 4.68. The number of hydrogen-bond acceptors (Lipinski definition) is 3. The zero-order valence-corrected chi connectivity index (χ0v) is 8.91. The molecule has 1 unspecified atom stereocenters. The van der Waals surface area contributed by atoms with Gasteiger partial charge in [0.25, 0.3) is 0 Å². The minimum absolute atomic E-state index is 0.159. The van der Waals surface area contributed by atoms with E-state index in [0.29, 0.717) is 11.9 Å². The van der Waals surface area contributed by atoms with Crippen LogP contribution in [0.5, 0.6) is 0 Å². The minimum atomic E-state index is 0.159. The van der Waals surface area contributed by atoms with Crippen LogP contribution < -0.4 is 0 Å². The van der Waals surface area contributed by atoms with Gasteiger partial charge < -0.3 is 4.90 Å². The highest BCUT2D eigenvalue weighted by molar-refractivity contribution is 8.00. The maximum absolute atomic E-state index is 11.8. The zero-order valence-electron chi connectivity index (χ0n) is 8.09. The lowest BCUT2D eigenvalue weighted by Crippen LogP contribution is -2.35. The van der Waals surface area contributed by atoms with Crippen molar-refractivity contribution < 1.29 is 4.79 Å². The second-order valence-electron chi connectivity index (χ2n) is 3.26. The summed E-state index contributed by atoms with van der Waals surface area (Å²) in [6.07, 6.45) is 3.50. The molecule has 1 saturated heterocycles. The Hall–Kier alpha value is -0.970.